The fourth-order valence-electron chi connectivity index (χ4n) is 0.543. The summed E-state index contributed by atoms with van der Waals surface area (Å²) in [5, 5.41) is 11.7. The number of aromatic nitrogens is 2. The zero-order valence-electron chi connectivity index (χ0n) is 6.06. The van der Waals surface area contributed by atoms with Gasteiger partial charge in [-0.2, -0.15) is 15.2 Å². The van der Waals surface area contributed by atoms with Crippen molar-refractivity contribution in [2.45, 2.75) is 6.42 Å². The Morgan fingerprint density at radius 1 is 1.67 bits per heavy atom. The minimum absolute atomic E-state index is 0.0414. The molecule has 0 unspecified atom stereocenters. The summed E-state index contributed by atoms with van der Waals surface area (Å²) in [5.41, 5.74) is 10.1. The topological polar surface area (TPSA) is 127 Å². The average molecular weight is 166 g/mol. The lowest BCUT2D eigenvalue weighted by atomic mass is 10.5. The molecular formula is C5H6N6O. The Balaban J connectivity index is 2.79. The molecule has 7 nitrogen and oxygen atoms in total. The number of rotatable bonds is 2. The van der Waals surface area contributed by atoms with Gasteiger partial charge in [0.25, 0.3) is 0 Å². The third kappa shape index (κ3) is 1.95. The number of aliphatic imine (C=N–C) groups is 1. The molecular weight excluding hydrogens is 160 g/mol. The molecule has 0 bridgehead atoms. The fraction of sp³-hybridized carbons (Fsp3) is 0.200. The Morgan fingerprint density at radius 2 is 2.42 bits per heavy atom. The van der Waals surface area contributed by atoms with Gasteiger partial charge in [-0.15, -0.1) is 0 Å². The second-order valence-electron chi connectivity index (χ2n) is 1.86. The van der Waals surface area contributed by atoms with Crippen molar-refractivity contribution in [1.82, 2.24) is 10.1 Å². The summed E-state index contributed by atoms with van der Waals surface area (Å²) < 4.78 is 4.57. The number of hydrogen-bond acceptors (Lipinski definition) is 5. The second kappa shape index (κ2) is 3.34. The Morgan fingerprint density at radius 3 is 3.00 bits per heavy atom. The fourth-order valence-corrected chi connectivity index (χ4v) is 0.543. The summed E-state index contributed by atoms with van der Waals surface area (Å²) in [7, 11) is 0. The lowest BCUT2D eigenvalue weighted by Crippen LogP contribution is -2.21. The van der Waals surface area contributed by atoms with Gasteiger partial charge in [-0.05, 0) is 0 Å². The highest BCUT2D eigenvalue weighted by molar-refractivity contribution is 5.77. The van der Waals surface area contributed by atoms with Gasteiger partial charge in [0.15, 0.2) is 11.8 Å². The molecule has 12 heavy (non-hydrogen) atoms. The van der Waals surface area contributed by atoms with Crippen LogP contribution < -0.4 is 11.5 Å². The zero-order valence-corrected chi connectivity index (χ0v) is 6.06. The molecule has 4 N–H and O–H groups in total. The van der Waals surface area contributed by atoms with Crippen LogP contribution >= 0.6 is 0 Å². The van der Waals surface area contributed by atoms with Crippen molar-refractivity contribution in [3.63, 3.8) is 0 Å². The van der Waals surface area contributed by atoms with Gasteiger partial charge >= 0.3 is 6.01 Å². The summed E-state index contributed by atoms with van der Waals surface area (Å²) >= 11 is 0. The van der Waals surface area contributed by atoms with E-state index in [-0.39, 0.29) is 24.2 Å². The minimum Gasteiger partial charge on any atom is -0.370 e. The van der Waals surface area contributed by atoms with Crippen molar-refractivity contribution >= 4 is 12.0 Å². The maximum Gasteiger partial charge on any atom is 0.350 e. The molecule has 0 radical (unpaired) electrons. The third-order valence-corrected chi connectivity index (χ3v) is 0.919. The molecule has 1 rings (SSSR count). The minimum atomic E-state index is -0.165. The van der Waals surface area contributed by atoms with Gasteiger partial charge in [0, 0.05) is 0 Å². The van der Waals surface area contributed by atoms with E-state index in [0.717, 1.165) is 0 Å². The van der Waals surface area contributed by atoms with E-state index in [2.05, 4.69) is 19.7 Å². The van der Waals surface area contributed by atoms with Crippen molar-refractivity contribution < 1.29 is 4.52 Å². The van der Waals surface area contributed by atoms with E-state index in [4.69, 9.17) is 16.7 Å². The quantitative estimate of drug-likeness (QED) is 0.430. The molecule has 0 spiro atoms. The number of nitrogens with two attached hydrogens (primary N) is 2. The van der Waals surface area contributed by atoms with Crippen molar-refractivity contribution in [2.24, 2.45) is 16.5 Å². The van der Waals surface area contributed by atoms with E-state index in [9.17, 15) is 0 Å². The molecule has 0 atom stereocenters. The summed E-state index contributed by atoms with van der Waals surface area (Å²) in [6.45, 7) is 0. The predicted molar refractivity (Wildman–Crippen MR) is 39.1 cm³/mol. The van der Waals surface area contributed by atoms with E-state index >= 15 is 0 Å². The van der Waals surface area contributed by atoms with E-state index in [1.807, 2.05) is 6.07 Å². The van der Waals surface area contributed by atoms with Gasteiger partial charge < -0.3 is 16.0 Å². The number of nitrogens with zero attached hydrogens (tertiary/aromatic N) is 4. The van der Waals surface area contributed by atoms with Crippen LogP contribution in [0.4, 0.5) is 6.01 Å². The number of nitriles is 1. The molecule has 0 aliphatic rings. The maximum absolute atomic E-state index is 8.25. The van der Waals surface area contributed by atoms with Gasteiger partial charge in [0.2, 0.25) is 0 Å². The van der Waals surface area contributed by atoms with Crippen LogP contribution in [0.25, 0.3) is 0 Å². The van der Waals surface area contributed by atoms with Crippen LogP contribution in [0.2, 0.25) is 0 Å². The molecule has 7 heteroatoms. The summed E-state index contributed by atoms with van der Waals surface area (Å²) in [5.74, 6) is 0.0969. The Kier molecular flexibility index (Phi) is 2.23. The molecule has 1 aromatic rings. The molecule has 62 valence electrons. The highest BCUT2D eigenvalue weighted by Gasteiger charge is 2.03. The van der Waals surface area contributed by atoms with E-state index in [1.165, 1.54) is 0 Å². The first-order valence-electron chi connectivity index (χ1n) is 3.01. The largest absolute Gasteiger partial charge is 0.370 e. The first kappa shape index (κ1) is 8.00. The molecule has 0 aromatic carbocycles. The molecule has 0 aliphatic heterocycles. The molecule has 1 heterocycles. The lowest BCUT2D eigenvalue weighted by molar-refractivity contribution is 0.422. The molecule has 0 amide bonds. The van der Waals surface area contributed by atoms with Crippen LogP contribution in [0.3, 0.4) is 0 Å². The summed E-state index contributed by atoms with van der Waals surface area (Å²) in [4.78, 5) is 7.18. The van der Waals surface area contributed by atoms with Gasteiger partial charge in [0.1, 0.15) is 0 Å². The Bertz CT molecular complexity index is 330. The first-order chi connectivity index (χ1) is 5.72. The van der Waals surface area contributed by atoms with Crippen molar-refractivity contribution in [1.29, 1.82) is 5.26 Å². The summed E-state index contributed by atoms with van der Waals surface area (Å²) in [6, 6.07) is 1.81. The van der Waals surface area contributed by atoms with Crippen LogP contribution in [0, 0.1) is 11.3 Å². The highest BCUT2D eigenvalue weighted by Crippen LogP contribution is 2.06. The van der Waals surface area contributed by atoms with E-state index < -0.39 is 0 Å². The first-order valence-corrected chi connectivity index (χ1v) is 3.01. The predicted octanol–water partition coefficient (Wildman–Crippen LogP) is -0.959. The van der Waals surface area contributed by atoms with Crippen LogP contribution in [0.5, 0.6) is 0 Å². The van der Waals surface area contributed by atoms with Gasteiger partial charge in [-0.3, -0.25) is 0 Å². The normalized spacial score (nSPS) is 8.92. The molecule has 0 fully saturated rings. The second-order valence-corrected chi connectivity index (χ2v) is 1.86. The van der Waals surface area contributed by atoms with E-state index in [1.54, 1.807) is 0 Å². The molecule has 0 aliphatic carbocycles. The average Bonchev–Trinajstić information content (AvgIpc) is 2.36. The van der Waals surface area contributed by atoms with Gasteiger partial charge in [-0.25, -0.2) is 0 Å². The van der Waals surface area contributed by atoms with Crippen LogP contribution in [-0.4, -0.2) is 16.1 Å². The monoisotopic (exact) mass is 166 g/mol. The standard InChI is InChI=1S/C5H6N6O/c6-2-1-3-9-5(12-11-3)10-4(7)8/h1H2,(H4,7,8,9,10,11). The zero-order chi connectivity index (χ0) is 8.97. The highest BCUT2D eigenvalue weighted by atomic mass is 16.5. The Hall–Kier alpha value is -2.10. The van der Waals surface area contributed by atoms with Gasteiger partial charge in [0.05, 0.1) is 12.5 Å². The Labute approximate surface area is 67.7 Å². The van der Waals surface area contributed by atoms with Crippen molar-refractivity contribution in [3.8, 4) is 6.07 Å². The molecule has 0 saturated heterocycles. The van der Waals surface area contributed by atoms with Crippen LogP contribution in [0.1, 0.15) is 5.82 Å². The van der Waals surface area contributed by atoms with Crippen molar-refractivity contribution in [3.05, 3.63) is 5.82 Å². The maximum atomic E-state index is 8.25. The number of guanidine groups is 1. The lowest BCUT2D eigenvalue weighted by Gasteiger charge is -1.82. The number of hydrogen-bond donors (Lipinski definition) is 2. The van der Waals surface area contributed by atoms with E-state index in [0.29, 0.717) is 0 Å². The third-order valence-electron chi connectivity index (χ3n) is 0.919. The van der Waals surface area contributed by atoms with Crippen molar-refractivity contribution in [2.75, 3.05) is 0 Å². The van der Waals surface area contributed by atoms with Gasteiger partial charge in [-0.1, -0.05) is 5.16 Å². The van der Waals surface area contributed by atoms with Crippen LogP contribution in [0.15, 0.2) is 9.52 Å². The molecule has 0 saturated carbocycles. The SMILES string of the molecule is N#CCc1noc(N=C(N)N)n1. The smallest absolute Gasteiger partial charge is 0.350 e. The summed E-state index contributed by atoms with van der Waals surface area (Å²) in [6.07, 6.45) is 0.0729. The van der Waals surface area contributed by atoms with Crippen LogP contribution in [-0.2, 0) is 6.42 Å². The molecule has 1 aromatic heterocycles.